The van der Waals surface area contributed by atoms with Gasteiger partial charge in [-0.25, -0.2) is 0 Å². The van der Waals surface area contributed by atoms with Crippen molar-refractivity contribution in [1.29, 1.82) is 0 Å². The van der Waals surface area contributed by atoms with Gasteiger partial charge in [0.1, 0.15) is 0 Å². The number of fused-ring (bicyclic) bond motifs is 1. The minimum atomic E-state index is -0.208. The van der Waals surface area contributed by atoms with Crippen molar-refractivity contribution < 1.29 is 9.84 Å². The second-order valence-electron chi connectivity index (χ2n) is 5.92. The number of rotatable bonds is 0. The molecule has 1 heterocycles. The first kappa shape index (κ1) is 8.26. The van der Waals surface area contributed by atoms with Gasteiger partial charge in [0.2, 0.25) is 0 Å². The molecule has 1 aliphatic heterocycles. The molecule has 1 saturated heterocycles. The van der Waals surface area contributed by atoms with Crippen LogP contribution in [0.1, 0.15) is 12.8 Å². The molecule has 4 saturated carbocycles. The first-order chi connectivity index (χ1) is 7.26. The maximum Gasteiger partial charge on any atom is 0.0929 e. The Morgan fingerprint density at radius 2 is 2.27 bits per heavy atom. The highest BCUT2D eigenvalue weighted by Gasteiger charge is 2.87. The largest absolute Gasteiger partial charge is 0.388 e. The third kappa shape index (κ3) is 0.596. The van der Waals surface area contributed by atoms with E-state index < -0.39 is 0 Å². The number of hydrogen-bond acceptors (Lipinski definition) is 2. The second kappa shape index (κ2) is 2.09. The SMILES string of the molecule is O[C@@H]1C=C(Br)C2OC3C4CCC5C3C51C24. The second-order valence-corrected chi connectivity index (χ2v) is 6.83. The van der Waals surface area contributed by atoms with Crippen molar-refractivity contribution in [1.82, 2.24) is 0 Å². The Bertz CT molecular complexity index is 406. The van der Waals surface area contributed by atoms with Crippen LogP contribution >= 0.6 is 15.9 Å². The quantitative estimate of drug-likeness (QED) is 0.725. The average Bonchev–Trinajstić information content (AvgIpc) is 2.69. The van der Waals surface area contributed by atoms with Gasteiger partial charge < -0.3 is 9.84 Å². The van der Waals surface area contributed by atoms with Gasteiger partial charge in [-0.05, 0) is 36.7 Å². The minimum Gasteiger partial charge on any atom is -0.388 e. The fraction of sp³-hybridized carbons (Fsp3) is 0.833. The Hall–Kier alpha value is 0.140. The molecule has 0 aromatic rings. The standard InChI is InChI=1S/C12H13BrO2/c13-6-3-7(14)12-5-2-1-4-8(12)11(6)15-10(4)9(5)12/h3-5,7-11,14H,1-2H2/t4?,5?,7-,8?,9?,10?,11?,12?/m1/s1. The predicted octanol–water partition coefficient (Wildman–Crippen LogP) is 1.68. The van der Waals surface area contributed by atoms with E-state index in [4.69, 9.17) is 4.74 Å². The molecular weight excluding hydrogens is 256 g/mol. The topological polar surface area (TPSA) is 29.5 Å². The zero-order chi connectivity index (χ0) is 9.95. The number of ether oxygens (including phenoxy) is 1. The Morgan fingerprint density at radius 3 is 3.07 bits per heavy atom. The molecule has 0 amide bonds. The van der Waals surface area contributed by atoms with Crippen LogP contribution in [0.25, 0.3) is 0 Å². The monoisotopic (exact) mass is 268 g/mol. The van der Waals surface area contributed by atoms with Gasteiger partial charge in [0.25, 0.3) is 0 Å². The van der Waals surface area contributed by atoms with Gasteiger partial charge in [0, 0.05) is 15.8 Å². The maximum absolute atomic E-state index is 10.3. The summed E-state index contributed by atoms with van der Waals surface area (Å²) in [5, 5.41) is 10.3. The molecule has 80 valence electrons. The lowest BCUT2D eigenvalue weighted by molar-refractivity contribution is -0.0382. The third-order valence-electron chi connectivity index (χ3n) is 5.90. The Labute approximate surface area is 96.8 Å². The summed E-state index contributed by atoms with van der Waals surface area (Å²) in [5.41, 5.74) is 0.258. The summed E-state index contributed by atoms with van der Waals surface area (Å²) in [5.74, 6) is 2.85. The zero-order valence-electron chi connectivity index (χ0n) is 8.27. The fourth-order valence-corrected chi connectivity index (χ4v) is 6.31. The molecule has 1 spiro atoms. The fourth-order valence-electron chi connectivity index (χ4n) is 5.67. The normalized spacial score (nSPS) is 71.9. The van der Waals surface area contributed by atoms with E-state index in [2.05, 4.69) is 15.9 Å². The van der Waals surface area contributed by atoms with Crippen molar-refractivity contribution in [3.63, 3.8) is 0 Å². The molecular formula is C12H13BrO2. The van der Waals surface area contributed by atoms with Gasteiger partial charge in [0.15, 0.2) is 0 Å². The van der Waals surface area contributed by atoms with Crippen LogP contribution in [0.2, 0.25) is 0 Å². The van der Waals surface area contributed by atoms with Crippen LogP contribution in [0.3, 0.4) is 0 Å². The van der Waals surface area contributed by atoms with Crippen molar-refractivity contribution in [2.24, 2.45) is 29.1 Å². The lowest BCUT2D eigenvalue weighted by Crippen LogP contribution is -2.44. The van der Waals surface area contributed by atoms with E-state index in [1.165, 1.54) is 12.8 Å². The maximum atomic E-state index is 10.3. The predicted molar refractivity (Wildman–Crippen MR) is 57.3 cm³/mol. The minimum absolute atomic E-state index is 0.208. The molecule has 2 nitrogen and oxygen atoms in total. The molecule has 6 aliphatic rings. The summed E-state index contributed by atoms with van der Waals surface area (Å²) >= 11 is 3.57. The molecule has 0 radical (unpaired) electrons. The summed E-state index contributed by atoms with van der Waals surface area (Å²) in [7, 11) is 0. The van der Waals surface area contributed by atoms with Crippen LogP contribution in [0.4, 0.5) is 0 Å². The molecule has 5 fully saturated rings. The highest BCUT2D eigenvalue weighted by molar-refractivity contribution is 9.11. The van der Waals surface area contributed by atoms with E-state index >= 15 is 0 Å². The first-order valence-corrected chi connectivity index (χ1v) is 6.76. The van der Waals surface area contributed by atoms with Crippen LogP contribution in [-0.2, 0) is 4.74 Å². The molecule has 0 aromatic carbocycles. The molecule has 3 heteroatoms. The molecule has 8 atom stereocenters. The van der Waals surface area contributed by atoms with Crippen molar-refractivity contribution in [3.05, 3.63) is 10.6 Å². The van der Waals surface area contributed by atoms with Gasteiger partial charge in [-0.1, -0.05) is 15.9 Å². The van der Waals surface area contributed by atoms with Crippen LogP contribution in [0.5, 0.6) is 0 Å². The lowest BCUT2D eigenvalue weighted by Gasteiger charge is -2.40. The number of hydrogen-bond donors (Lipinski definition) is 1. The van der Waals surface area contributed by atoms with Crippen LogP contribution in [-0.4, -0.2) is 23.4 Å². The van der Waals surface area contributed by atoms with Gasteiger partial charge >= 0.3 is 0 Å². The van der Waals surface area contributed by atoms with E-state index in [-0.39, 0.29) is 17.6 Å². The van der Waals surface area contributed by atoms with Gasteiger partial charge in [0.05, 0.1) is 18.3 Å². The number of aliphatic hydroxyl groups excluding tert-OH is 1. The molecule has 5 aliphatic carbocycles. The van der Waals surface area contributed by atoms with Gasteiger partial charge in [-0.15, -0.1) is 0 Å². The van der Waals surface area contributed by atoms with E-state index in [1.54, 1.807) is 0 Å². The van der Waals surface area contributed by atoms with Crippen molar-refractivity contribution in [2.45, 2.75) is 31.2 Å². The smallest absolute Gasteiger partial charge is 0.0929 e. The molecule has 15 heavy (non-hydrogen) atoms. The lowest BCUT2D eigenvalue weighted by atomic mass is 9.67. The summed E-state index contributed by atoms with van der Waals surface area (Å²) in [6.07, 6.45) is 5.22. The zero-order valence-corrected chi connectivity index (χ0v) is 9.85. The van der Waals surface area contributed by atoms with Crippen molar-refractivity contribution in [2.75, 3.05) is 0 Å². The average molecular weight is 269 g/mol. The molecule has 1 N–H and O–H groups in total. The molecule has 0 aromatic heterocycles. The van der Waals surface area contributed by atoms with Gasteiger partial charge in [-0.2, -0.15) is 0 Å². The Kier molecular flexibility index (Phi) is 1.15. The summed E-state index contributed by atoms with van der Waals surface area (Å²) in [6.45, 7) is 0. The number of halogens is 1. The number of aliphatic hydroxyl groups is 1. The first-order valence-electron chi connectivity index (χ1n) is 5.97. The van der Waals surface area contributed by atoms with E-state index in [1.807, 2.05) is 6.08 Å². The van der Waals surface area contributed by atoms with Crippen LogP contribution in [0.15, 0.2) is 10.6 Å². The van der Waals surface area contributed by atoms with Crippen molar-refractivity contribution >= 4 is 15.9 Å². The van der Waals surface area contributed by atoms with E-state index in [9.17, 15) is 5.11 Å². The van der Waals surface area contributed by atoms with Crippen molar-refractivity contribution in [3.8, 4) is 0 Å². The van der Waals surface area contributed by atoms with Gasteiger partial charge in [-0.3, -0.25) is 0 Å². The highest BCUT2D eigenvalue weighted by Crippen LogP contribution is 2.84. The summed E-state index contributed by atoms with van der Waals surface area (Å²) in [6, 6.07) is 0. The summed E-state index contributed by atoms with van der Waals surface area (Å²) in [4.78, 5) is 0. The van der Waals surface area contributed by atoms with E-state index in [0.717, 1.165) is 16.3 Å². The third-order valence-corrected chi connectivity index (χ3v) is 6.62. The summed E-state index contributed by atoms with van der Waals surface area (Å²) < 4.78 is 7.25. The molecule has 6 rings (SSSR count). The van der Waals surface area contributed by atoms with Crippen LogP contribution < -0.4 is 0 Å². The molecule has 7 unspecified atom stereocenters. The Morgan fingerprint density at radius 1 is 1.40 bits per heavy atom. The van der Waals surface area contributed by atoms with Crippen LogP contribution in [0, 0.1) is 29.1 Å². The molecule has 6 bridgehead atoms. The van der Waals surface area contributed by atoms with E-state index in [0.29, 0.717) is 17.9 Å². The highest BCUT2D eigenvalue weighted by atomic mass is 79.9. The Balaban J connectivity index is 1.79.